The molecule has 9 nitrogen and oxygen atoms in total. The minimum atomic E-state index is -0.601. The molecule has 3 rings (SSSR count). The number of nitrogens with two attached hydrogens (primary N) is 1. The standard InChI is InChI=1S/C14H16N4O5S/c15-11(19)7-23-10-6-22-3-1-9(10)17-12(20)8-5-16-14-18(13(8)21)2-4-24-14/h2,4-5,9-10H,1,3,6-7H2,(H2,15,19)(H,17,20)/t9-,10-/m1/s1. The molecule has 0 bridgehead atoms. The summed E-state index contributed by atoms with van der Waals surface area (Å²) < 4.78 is 12.0. The molecule has 0 saturated carbocycles. The second kappa shape index (κ2) is 7.07. The van der Waals surface area contributed by atoms with Crippen molar-refractivity contribution in [2.24, 2.45) is 5.73 Å². The molecule has 2 atom stereocenters. The monoisotopic (exact) mass is 352 g/mol. The van der Waals surface area contributed by atoms with Gasteiger partial charge in [0.1, 0.15) is 18.3 Å². The van der Waals surface area contributed by atoms with Crippen LogP contribution in [0.1, 0.15) is 16.8 Å². The number of nitrogens with one attached hydrogen (secondary N) is 1. The van der Waals surface area contributed by atoms with Gasteiger partial charge in [-0.1, -0.05) is 0 Å². The normalized spacial score (nSPS) is 20.8. The lowest BCUT2D eigenvalue weighted by molar-refractivity contribution is -0.129. The van der Waals surface area contributed by atoms with Crippen molar-refractivity contribution < 1.29 is 19.1 Å². The van der Waals surface area contributed by atoms with Gasteiger partial charge in [0.15, 0.2) is 4.96 Å². The summed E-state index contributed by atoms with van der Waals surface area (Å²) in [5.41, 5.74) is 4.59. The molecule has 1 saturated heterocycles. The first-order chi connectivity index (χ1) is 11.6. The van der Waals surface area contributed by atoms with Crippen LogP contribution >= 0.6 is 11.3 Å². The van der Waals surface area contributed by atoms with Gasteiger partial charge in [-0.2, -0.15) is 0 Å². The summed E-state index contributed by atoms with van der Waals surface area (Å²) in [6.07, 6.45) is 2.84. The molecule has 0 radical (unpaired) electrons. The van der Waals surface area contributed by atoms with Crippen molar-refractivity contribution in [3.63, 3.8) is 0 Å². The van der Waals surface area contributed by atoms with E-state index in [1.54, 1.807) is 11.6 Å². The predicted molar refractivity (Wildman–Crippen MR) is 85.0 cm³/mol. The van der Waals surface area contributed by atoms with Crippen LogP contribution in [0.15, 0.2) is 22.6 Å². The average Bonchev–Trinajstić information content (AvgIpc) is 3.03. The average molecular weight is 352 g/mol. The summed E-state index contributed by atoms with van der Waals surface area (Å²) in [7, 11) is 0. The van der Waals surface area contributed by atoms with Gasteiger partial charge in [0.2, 0.25) is 5.91 Å². The van der Waals surface area contributed by atoms with Gasteiger partial charge >= 0.3 is 0 Å². The Labute approximate surface area is 140 Å². The van der Waals surface area contributed by atoms with E-state index in [0.29, 0.717) is 18.0 Å². The minimum absolute atomic E-state index is 0.0500. The molecule has 1 fully saturated rings. The highest BCUT2D eigenvalue weighted by molar-refractivity contribution is 7.15. The molecule has 0 spiro atoms. The molecule has 2 aromatic heterocycles. The van der Waals surface area contributed by atoms with Gasteiger partial charge in [-0.3, -0.25) is 18.8 Å². The third kappa shape index (κ3) is 3.45. The highest BCUT2D eigenvalue weighted by atomic mass is 32.1. The number of hydrogen-bond donors (Lipinski definition) is 2. The van der Waals surface area contributed by atoms with Crippen LogP contribution in [0, 0.1) is 0 Å². The van der Waals surface area contributed by atoms with Crippen LogP contribution in [0.3, 0.4) is 0 Å². The van der Waals surface area contributed by atoms with Gasteiger partial charge in [-0.25, -0.2) is 4.98 Å². The van der Waals surface area contributed by atoms with E-state index in [0.717, 1.165) is 0 Å². The maximum Gasteiger partial charge on any atom is 0.271 e. The van der Waals surface area contributed by atoms with Gasteiger partial charge in [-0.15, -0.1) is 11.3 Å². The van der Waals surface area contributed by atoms with E-state index < -0.39 is 23.5 Å². The van der Waals surface area contributed by atoms with Crippen LogP contribution in [0.5, 0.6) is 0 Å². The number of ether oxygens (including phenoxy) is 2. The van der Waals surface area contributed by atoms with Crippen LogP contribution in [-0.4, -0.2) is 53.2 Å². The number of amides is 2. The Kier molecular flexibility index (Phi) is 4.88. The van der Waals surface area contributed by atoms with Gasteiger partial charge < -0.3 is 20.5 Å². The van der Waals surface area contributed by atoms with E-state index in [4.69, 9.17) is 15.2 Å². The summed E-state index contributed by atoms with van der Waals surface area (Å²) in [6.45, 7) is 0.423. The summed E-state index contributed by atoms with van der Waals surface area (Å²) in [6, 6.07) is -0.381. The van der Waals surface area contributed by atoms with Crippen molar-refractivity contribution in [2.75, 3.05) is 19.8 Å². The first kappa shape index (κ1) is 16.6. The van der Waals surface area contributed by atoms with Crippen LogP contribution in [0.4, 0.5) is 0 Å². The molecule has 1 aliphatic heterocycles. The summed E-state index contributed by atoms with van der Waals surface area (Å²) in [4.78, 5) is 40.2. The molecule has 3 heterocycles. The van der Waals surface area contributed by atoms with Crippen molar-refractivity contribution >= 4 is 28.1 Å². The fraction of sp³-hybridized carbons (Fsp3) is 0.429. The second-order valence-electron chi connectivity index (χ2n) is 5.29. The van der Waals surface area contributed by atoms with Crippen LogP contribution in [0.25, 0.3) is 4.96 Å². The zero-order valence-corrected chi connectivity index (χ0v) is 13.5. The van der Waals surface area contributed by atoms with Gasteiger partial charge in [0.25, 0.3) is 11.5 Å². The van der Waals surface area contributed by atoms with Crippen LogP contribution in [-0.2, 0) is 14.3 Å². The topological polar surface area (TPSA) is 125 Å². The van der Waals surface area contributed by atoms with Gasteiger partial charge in [-0.05, 0) is 6.42 Å². The molecule has 128 valence electrons. The Morgan fingerprint density at radius 1 is 1.54 bits per heavy atom. The number of rotatable bonds is 5. The second-order valence-corrected chi connectivity index (χ2v) is 6.16. The molecule has 10 heteroatoms. The van der Waals surface area contributed by atoms with Crippen LogP contribution in [0.2, 0.25) is 0 Å². The Morgan fingerprint density at radius 2 is 2.38 bits per heavy atom. The minimum Gasteiger partial charge on any atom is -0.379 e. The number of hydrogen-bond acceptors (Lipinski definition) is 7. The largest absolute Gasteiger partial charge is 0.379 e. The molecule has 2 aromatic rings. The molecule has 24 heavy (non-hydrogen) atoms. The molecule has 3 N–H and O–H groups in total. The van der Waals surface area contributed by atoms with E-state index in [-0.39, 0.29) is 24.8 Å². The molecular formula is C14H16N4O5S. The van der Waals surface area contributed by atoms with Gasteiger partial charge in [0, 0.05) is 24.4 Å². The van der Waals surface area contributed by atoms with E-state index >= 15 is 0 Å². The first-order valence-electron chi connectivity index (χ1n) is 7.29. The quantitative estimate of drug-likeness (QED) is 0.722. The number of thiazole rings is 1. The zero-order chi connectivity index (χ0) is 17.1. The molecule has 1 aliphatic rings. The lowest BCUT2D eigenvalue weighted by atomic mass is 10.1. The number of fused-ring (bicyclic) bond motifs is 1. The third-order valence-electron chi connectivity index (χ3n) is 3.65. The molecule has 0 unspecified atom stereocenters. The Hall–Kier alpha value is -2.30. The maximum atomic E-state index is 12.4. The van der Waals surface area contributed by atoms with Crippen molar-refractivity contribution in [1.82, 2.24) is 14.7 Å². The number of carbonyl (C=O) groups excluding carboxylic acids is 2. The SMILES string of the molecule is NC(=O)CO[C@@H]1COCC[C@H]1NC(=O)c1cnc2sccn2c1=O. The van der Waals surface area contributed by atoms with Crippen molar-refractivity contribution in [1.29, 1.82) is 0 Å². The van der Waals surface area contributed by atoms with E-state index in [1.807, 2.05) is 0 Å². The fourth-order valence-electron chi connectivity index (χ4n) is 2.46. The molecule has 0 aromatic carbocycles. The number of nitrogens with zero attached hydrogens (tertiary/aromatic N) is 2. The van der Waals surface area contributed by atoms with E-state index in [2.05, 4.69) is 10.3 Å². The predicted octanol–water partition coefficient (Wildman–Crippen LogP) is -0.855. The van der Waals surface area contributed by atoms with E-state index in [1.165, 1.54) is 21.9 Å². The molecule has 2 amide bonds. The fourth-order valence-corrected chi connectivity index (χ4v) is 3.13. The Balaban J connectivity index is 1.75. The Bertz CT molecular complexity index is 817. The maximum absolute atomic E-state index is 12.4. The highest BCUT2D eigenvalue weighted by Gasteiger charge is 2.29. The van der Waals surface area contributed by atoms with Gasteiger partial charge in [0.05, 0.1) is 12.6 Å². The smallest absolute Gasteiger partial charge is 0.271 e. The molecule has 0 aliphatic carbocycles. The van der Waals surface area contributed by atoms with E-state index in [9.17, 15) is 14.4 Å². The lowest BCUT2D eigenvalue weighted by Crippen LogP contribution is -2.51. The van der Waals surface area contributed by atoms with Crippen molar-refractivity contribution in [2.45, 2.75) is 18.6 Å². The summed E-state index contributed by atoms with van der Waals surface area (Å²) in [5.74, 6) is -1.14. The van der Waals surface area contributed by atoms with Crippen molar-refractivity contribution in [3.8, 4) is 0 Å². The molecular weight excluding hydrogens is 336 g/mol. The number of primary amides is 1. The highest BCUT2D eigenvalue weighted by Crippen LogP contribution is 2.12. The number of carbonyl (C=O) groups is 2. The third-order valence-corrected chi connectivity index (χ3v) is 4.42. The van der Waals surface area contributed by atoms with Crippen LogP contribution < -0.4 is 16.6 Å². The van der Waals surface area contributed by atoms with Crippen molar-refractivity contribution in [3.05, 3.63) is 33.7 Å². The summed E-state index contributed by atoms with van der Waals surface area (Å²) in [5, 5.41) is 4.48. The Morgan fingerprint density at radius 3 is 3.17 bits per heavy atom. The lowest BCUT2D eigenvalue weighted by Gasteiger charge is -2.31. The first-order valence-corrected chi connectivity index (χ1v) is 8.17. The number of aromatic nitrogens is 2. The summed E-state index contributed by atoms with van der Waals surface area (Å²) >= 11 is 1.31. The zero-order valence-electron chi connectivity index (χ0n) is 12.6.